The van der Waals surface area contributed by atoms with Crippen LogP contribution in [0.3, 0.4) is 0 Å². The Morgan fingerprint density at radius 1 is 1.45 bits per heavy atom. The van der Waals surface area contributed by atoms with Crippen molar-refractivity contribution in [1.82, 2.24) is 4.98 Å². The van der Waals surface area contributed by atoms with E-state index in [1.807, 2.05) is 0 Å². The van der Waals surface area contributed by atoms with Gasteiger partial charge in [-0.1, -0.05) is 0 Å². The molecule has 0 aromatic carbocycles. The van der Waals surface area contributed by atoms with E-state index in [4.69, 9.17) is 11.6 Å². The Morgan fingerprint density at radius 3 is 2.35 bits per heavy atom. The molecule has 0 saturated carbocycles. The van der Waals surface area contributed by atoms with E-state index in [9.17, 15) is 36.9 Å². The number of alkyl halides is 5. The van der Waals surface area contributed by atoms with Crippen LogP contribution < -0.4 is 4.74 Å². The molecule has 0 aliphatic carbocycles. The standard InChI is InChI=1S/C8H2ClF5N2O4/c9-6(17)3-4(7(10)11)15-1-2(16(18)19)5(3)20-8(12,13)14/h1,7H. The topological polar surface area (TPSA) is 82.3 Å². The van der Waals surface area contributed by atoms with Crippen LogP contribution in [0, 0.1) is 10.1 Å². The normalized spacial score (nSPS) is 11.6. The van der Waals surface area contributed by atoms with Gasteiger partial charge >= 0.3 is 12.0 Å². The molecule has 1 aromatic rings. The first kappa shape index (κ1) is 16.0. The monoisotopic (exact) mass is 320 g/mol. The van der Waals surface area contributed by atoms with Gasteiger partial charge in [-0.25, -0.2) is 13.8 Å². The highest BCUT2D eigenvalue weighted by Crippen LogP contribution is 2.39. The number of ether oxygens (including phenoxy) is 1. The van der Waals surface area contributed by atoms with Crippen molar-refractivity contribution in [2.45, 2.75) is 12.8 Å². The molecule has 0 saturated heterocycles. The lowest BCUT2D eigenvalue weighted by atomic mass is 10.1. The molecule has 6 nitrogen and oxygen atoms in total. The highest BCUT2D eigenvalue weighted by molar-refractivity contribution is 6.68. The fourth-order valence-corrected chi connectivity index (χ4v) is 1.39. The van der Waals surface area contributed by atoms with Gasteiger partial charge in [0.1, 0.15) is 17.5 Å². The van der Waals surface area contributed by atoms with E-state index in [-0.39, 0.29) is 6.20 Å². The number of nitro groups is 1. The van der Waals surface area contributed by atoms with Crippen molar-refractivity contribution in [2.75, 3.05) is 0 Å². The zero-order valence-corrected chi connectivity index (χ0v) is 9.71. The van der Waals surface area contributed by atoms with Crippen LogP contribution in [0.2, 0.25) is 0 Å². The van der Waals surface area contributed by atoms with Gasteiger partial charge in [-0.15, -0.1) is 13.2 Å². The largest absolute Gasteiger partial charge is 0.573 e. The summed E-state index contributed by atoms with van der Waals surface area (Å²) in [5.41, 5.74) is -4.38. The van der Waals surface area contributed by atoms with Gasteiger partial charge < -0.3 is 4.74 Å². The maximum Gasteiger partial charge on any atom is 0.573 e. The van der Waals surface area contributed by atoms with Crippen LogP contribution >= 0.6 is 11.6 Å². The molecule has 0 N–H and O–H groups in total. The van der Waals surface area contributed by atoms with Crippen LogP contribution in [0.25, 0.3) is 0 Å². The summed E-state index contributed by atoms with van der Waals surface area (Å²) in [7, 11) is 0. The zero-order valence-electron chi connectivity index (χ0n) is 8.95. The fourth-order valence-electron chi connectivity index (χ4n) is 1.20. The number of aromatic nitrogens is 1. The number of hydrogen-bond acceptors (Lipinski definition) is 5. The van der Waals surface area contributed by atoms with Crippen LogP contribution in [-0.4, -0.2) is 21.5 Å². The highest BCUT2D eigenvalue weighted by atomic mass is 35.5. The summed E-state index contributed by atoms with van der Waals surface area (Å²) in [4.78, 5) is 23.0. The van der Waals surface area contributed by atoms with Crippen LogP contribution in [-0.2, 0) is 0 Å². The molecule has 20 heavy (non-hydrogen) atoms. The molecule has 1 aromatic heterocycles. The van der Waals surface area contributed by atoms with Gasteiger partial charge in [0.15, 0.2) is 0 Å². The number of hydrogen-bond donors (Lipinski definition) is 0. The maximum absolute atomic E-state index is 12.6. The Morgan fingerprint density at radius 2 is 2.00 bits per heavy atom. The van der Waals surface area contributed by atoms with E-state index < -0.39 is 45.6 Å². The van der Waals surface area contributed by atoms with E-state index in [2.05, 4.69) is 9.72 Å². The molecular formula is C8H2ClF5N2O4. The first-order valence-electron chi connectivity index (χ1n) is 4.45. The number of carbonyl (C=O) groups excluding carboxylic acids is 1. The van der Waals surface area contributed by atoms with Gasteiger partial charge in [0.05, 0.1) is 4.92 Å². The zero-order chi connectivity index (χ0) is 15.7. The predicted octanol–water partition coefficient (Wildman–Crippen LogP) is 3.21. The van der Waals surface area contributed by atoms with Crippen molar-refractivity contribution in [3.8, 4) is 5.75 Å². The van der Waals surface area contributed by atoms with Gasteiger partial charge in [0, 0.05) is 0 Å². The predicted molar refractivity (Wildman–Crippen MR) is 52.7 cm³/mol. The molecule has 12 heteroatoms. The minimum atomic E-state index is -5.45. The fraction of sp³-hybridized carbons (Fsp3) is 0.250. The van der Waals surface area contributed by atoms with Crippen molar-refractivity contribution in [1.29, 1.82) is 0 Å². The number of carbonyl (C=O) groups is 1. The first-order chi connectivity index (χ1) is 9.04. The van der Waals surface area contributed by atoms with Gasteiger partial charge in [-0.2, -0.15) is 0 Å². The van der Waals surface area contributed by atoms with Crippen molar-refractivity contribution >= 4 is 22.5 Å². The third kappa shape index (κ3) is 3.50. The number of halogens is 6. The van der Waals surface area contributed by atoms with Crippen molar-refractivity contribution in [2.24, 2.45) is 0 Å². The quantitative estimate of drug-likeness (QED) is 0.368. The van der Waals surface area contributed by atoms with Crippen molar-refractivity contribution in [3.05, 3.63) is 27.6 Å². The number of rotatable bonds is 4. The Kier molecular flexibility index (Phi) is 4.43. The summed E-state index contributed by atoms with van der Waals surface area (Å²) in [5, 5.41) is 8.74. The molecule has 0 fully saturated rings. The third-order valence-corrected chi connectivity index (χ3v) is 2.05. The van der Waals surface area contributed by atoms with Crippen molar-refractivity contribution in [3.63, 3.8) is 0 Å². The molecule has 0 spiro atoms. The molecule has 0 aliphatic heterocycles. The van der Waals surface area contributed by atoms with Crippen LogP contribution in [0.15, 0.2) is 6.20 Å². The van der Waals surface area contributed by atoms with E-state index in [1.54, 1.807) is 0 Å². The molecule has 0 aliphatic rings. The van der Waals surface area contributed by atoms with Gasteiger partial charge in [-0.05, 0) is 11.6 Å². The van der Waals surface area contributed by atoms with E-state index in [0.717, 1.165) is 0 Å². The minimum Gasteiger partial charge on any atom is -0.397 e. The van der Waals surface area contributed by atoms with E-state index >= 15 is 0 Å². The average Bonchev–Trinajstić information content (AvgIpc) is 2.24. The summed E-state index contributed by atoms with van der Waals surface area (Å²) < 4.78 is 64.8. The SMILES string of the molecule is O=C(Cl)c1c(C(F)F)ncc([N+](=O)[O-])c1OC(F)(F)F. The molecule has 0 radical (unpaired) electrons. The second kappa shape index (κ2) is 5.53. The Hall–Kier alpha value is -2.04. The second-order valence-electron chi connectivity index (χ2n) is 3.11. The summed E-state index contributed by atoms with van der Waals surface area (Å²) >= 11 is 4.88. The molecule has 0 unspecified atom stereocenters. The summed E-state index contributed by atoms with van der Waals surface area (Å²) in [6.07, 6.45) is -8.82. The number of nitrogens with zero attached hydrogens (tertiary/aromatic N) is 2. The van der Waals surface area contributed by atoms with Crippen LogP contribution in [0.1, 0.15) is 22.5 Å². The lowest BCUT2D eigenvalue weighted by Gasteiger charge is -2.13. The van der Waals surface area contributed by atoms with Crippen LogP contribution in [0.5, 0.6) is 5.75 Å². The Labute approximate surface area is 111 Å². The highest BCUT2D eigenvalue weighted by Gasteiger charge is 2.39. The van der Waals surface area contributed by atoms with Gasteiger partial charge in [0.2, 0.25) is 5.75 Å². The summed E-state index contributed by atoms with van der Waals surface area (Å²) in [5.74, 6) is -1.73. The molecule has 0 atom stereocenters. The van der Waals surface area contributed by atoms with E-state index in [1.165, 1.54) is 0 Å². The Balaban J connectivity index is 3.65. The molecular weight excluding hydrogens is 319 g/mol. The summed E-state index contributed by atoms with van der Waals surface area (Å²) in [6, 6.07) is 0. The van der Waals surface area contributed by atoms with Crippen molar-refractivity contribution < 1.29 is 36.4 Å². The third-order valence-electron chi connectivity index (χ3n) is 1.86. The molecule has 110 valence electrons. The maximum atomic E-state index is 12.6. The lowest BCUT2D eigenvalue weighted by Crippen LogP contribution is -2.20. The summed E-state index contributed by atoms with van der Waals surface area (Å²) in [6.45, 7) is 0. The lowest BCUT2D eigenvalue weighted by molar-refractivity contribution is -0.389. The van der Waals surface area contributed by atoms with Gasteiger partial charge in [-0.3, -0.25) is 14.9 Å². The minimum absolute atomic E-state index is 0.117. The smallest absolute Gasteiger partial charge is 0.397 e. The first-order valence-corrected chi connectivity index (χ1v) is 4.83. The molecule has 0 bridgehead atoms. The molecule has 1 heterocycles. The number of pyridine rings is 1. The molecule has 1 rings (SSSR count). The van der Waals surface area contributed by atoms with Gasteiger partial charge in [0.25, 0.3) is 11.7 Å². The Bertz CT molecular complexity index is 563. The second-order valence-corrected chi connectivity index (χ2v) is 3.46. The average molecular weight is 321 g/mol. The van der Waals surface area contributed by atoms with E-state index in [0.29, 0.717) is 0 Å². The molecule has 0 amide bonds. The van der Waals surface area contributed by atoms with Crippen LogP contribution in [0.4, 0.5) is 27.6 Å².